The Bertz CT molecular complexity index is 653. The van der Waals surface area contributed by atoms with Crippen molar-refractivity contribution < 1.29 is 9.18 Å². The second-order valence-corrected chi connectivity index (χ2v) is 4.34. The van der Waals surface area contributed by atoms with E-state index in [9.17, 15) is 9.18 Å². The lowest BCUT2D eigenvalue weighted by atomic mass is 10.1. The molecule has 1 amide bonds. The monoisotopic (exact) mass is 278 g/mol. The predicted octanol–water partition coefficient (Wildman–Crippen LogP) is 1.45. The lowest BCUT2D eigenvalue weighted by Gasteiger charge is -2.09. The van der Waals surface area contributed by atoms with Gasteiger partial charge in [0.25, 0.3) is 5.91 Å². The molecule has 2 rings (SSSR count). The van der Waals surface area contributed by atoms with E-state index in [1.54, 1.807) is 17.8 Å². The van der Waals surface area contributed by atoms with E-state index in [4.69, 9.17) is 18.0 Å². The molecule has 0 aliphatic rings. The van der Waals surface area contributed by atoms with Crippen LogP contribution < -0.4 is 11.1 Å². The molecule has 2 aromatic rings. The number of aromatic nitrogens is 2. The van der Waals surface area contributed by atoms with Gasteiger partial charge in [0.05, 0.1) is 17.6 Å². The van der Waals surface area contributed by atoms with Crippen molar-refractivity contribution in [1.29, 1.82) is 0 Å². The van der Waals surface area contributed by atoms with Crippen LogP contribution in [0.25, 0.3) is 0 Å². The van der Waals surface area contributed by atoms with Crippen LogP contribution in [0.5, 0.6) is 0 Å². The Morgan fingerprint density at radius 3 is 2.84 bits per heavy atom. The van der Waals surface area contributed by atoms with Crippen LogP contribution in [0.2, 0.25) is 0 Å². The number of imidazole rings is 1. The van der Waals surface area contributed by atoms with E-state index in [2.05, 4.69) is 10.3 Å². The van der Waals surface area contributed by atoms with Crippen LogP contribution in [0, 0.1) is 5.82 Å². The number of hydrogen-bond acceptors (Lipinski definition) is 3. The molecule has 19 heavy (non-hydrogen) atoms. The summed E-state index contributed by atoms with van der Waals surface area (Å²) in [7, 11) is 1.74. The highest BCUT2D eigenvalue weighted by Gasteiger charge is 2.15. The van der Waals surface area contributed by atoms with Crippen molar-refractivity contribution in [3.63, 3.8) is 0 Å². The fourth-order valence-corrected chi connectivity index (χ4v) is 1.80. The SMILES string of the molecule is Cn1cnc(C(=O)Nc2cccc(F)c2C(N)=S)c1. The third-order valence-corrected chi connectivity index (χ3v) is 2.65. The van der Waals surface area contributed by atoms with E-state index in [1.807, 2.05) is 0 Å². The maximum atomic E-state index is 13.6. The molecule has 3 N–H and O–H groups in total. The second kappa shape index (κ2) is 5.15. The Kier molecular flexibility index (Phi) is 3.57. The molecule has 0 aliphatic heterocycles. The molecule has 0 spiro atoms. The highest BCUT2D eigenvalue weighted by atomic mass is 32.1. The van der Waals surface area contributed by atoms with Gasteiger partial charge in [-0.2, -0.15) is 0 Å². The number of carbonyl (C=O) groups is 1. The first kappa shape index (κ1) is 13.2. The standard InChI is InChI=1S/C12H11FN4OS/c1-17-5-9(15-6-17)12(18)16-8-4-2-3-7(13)10(8)11(14)19/h2-6H,1H3,(H2,14,19)(H,16,18). The smallest absolute Gasteiger partial charge is 0.275 e. The van der Waals surface area contributed by atoms with Crippen LogP contribution in [0.3, 0.4) is 0 Å². The average molecular weight is 278 g/mol. The molecule has 0 radical (unpaired) electrons. The third kappa shape index (κ3) is 2.76. The number of thiocarbonyl (C=S) groups is 1. The highest BCUT2D eigenvalue weighted by molar-refractivity contribution is 7.80. The van der Waals surface area contributed by atoms with E-state index in [-0.39, 0.29) is 21.9 Å². The Labute approximate surface area is 114 Å². The molecule has 5 nitrogen and oxygen atoms in total. The molecule has 0 bridgehead atoms. The van der Waals surface area contributed by atoms with Crippen LogP contribution in [0.4, 0.5) is 10.1 Å². The second-order valence-electron chi connectivity index (χ2n) is 3.91. The van der Waals surface area contributed by atoms with Crippen LogP contribution in [-0.2, 0) is 7.05 Å². The van der Waals surface area contributed by atoms with Crippen molar-refractivity contribution in [2.45, 2.75) is 0 Å². The fraction of sp³-hybridized carbons (Fsp3) is 0.0833. The van der Waals surface area contributed by atoms with Crippen molar-refractivity contribution in [3.8, 4) is 0 Å². The summed E-state index contributed by atoms with van der Waals surface area (Å²) in [6.07, 6.45) is 3.05. The molecule has 0 atom stereocenters. The molecule has 1 aromatic heterocycles. The van der Waals surface area contributed by atoms with Crippen molar-refractivity contribution in [3.05, 3.63) is 47.8 Å². The summed E-state index contributed by atoms with van der Waals surface area (Å²) >= 11 is 4.78. The largest absolute Gasteiger partial charge is 0.389 e. The molecule has 0 saturated heterocycles. The summed E-state index contributed by atoms with van der Waals surface area (Å²) in [5, 5.41) is 2.54. The van der Waals surface area contributed by atoms with Gasteiger partial charge in [-0.05, 0) is 12.1 Å². The first-order valence-electron chi connectivity index (χ1n) is 5.36. The number of carbonyl (C=O) groups excluding carboxylic acids is 1. The van der Waals surface area contributed by atoms with Gasteiger partial charge in [-0.15, -0.1) is 0 Å². The van der Waals surface area contributed by atoms with Gasteiger partial charge in [0.2, 0.25) is 0 Å². The normalized spacial score (nSPS) is 10.2. The highest BCUT2D eigenvalue weighted by Crippen LogP contribution is 2.19. The average Bonchev–Trinajstić information content (AvgIpc) is 2.75. The van der Waals surface area contributed by atoms with E-state index in [0.29, 0.717) is 0 Å². The van der Waals surface area contributed by atoms with Crippen LogP contribution in [0.1, 0.15) is 16.1 Å². The third-order valence-electron chi connectivity index (χ3n) is 2.45. The summed E-state index contributed by atoms with van der Waals surface area (Å²) in [6.45, 7) is 0. The Balaban J connectivity index is 2.31. The van der Waals surface area contributed by atoms with Crippen LogP contribution in [-0.4, -0.2) is 20.4 Å². The van der Waals surface area contributed by atoms with Gasteiger partial charge in [-0.3, -0.25) is 4.79 Å². The Hall–Kier alpha value is -2.28. The van der Waals surface area contributed by atoms with Gasteiger partial charge in [-0.25, -0.2) is 9.37 Å². The maximum absolute atomic E-state index is 13.6. The number of hydrogen-bond donors (Lipinski definition) is 2. The number of aryl methyl sites for hydroxylation is 1. The number of anilines is 1. The number of nitrogens with one attached hydrogen (secondary N) is 1. The first-order valence-corrected chi connectivity index (χ1v) is 5.77. The minimum absolute atomic E-state index is 0.0155. The zero-order valence-electron chi connectivity index (χ0n) is 10.1. The number of benzene rings is 1. The van der Waals surface area contributed by atoms with E-state index >= 15 is 0 Å². The number of halogens is 1. The number of nitrogens with two attached hydrogens (primary N) is 1. The lowest BCUT2D eigenvalue weighted by Crippen LogP contribution is -2.19. The van der Waals surface area contributed by atoms with Crippen molar-refractivity contribution in [2.24, 2.45) is 12.8 Å². The zero-order valence-corrected chi connectivity index (χ0v) is 10.9. The summed E-state index contributed by atoms with van der Waals surface area (Å²) in [5.74, 6) is -1.03. The van der Waals surface area contributed by atoms with Gasteiger partial charge >= 0.3 is 0 Å². The molecular formula is C12H11FN4OS. The Morgan fingerprint density at radius 1 is 1.53 bits per heavy atom. The molecule has 1 heterocycles. The lowest BCUT2D eigenvalue weighted by molar-refractivity contribution is 0.102. The number of amides is 1. The predicted molar refractivity (Wildman–Crippen MR) is 73.4 cm³/mol. The first-order chi connectivity index (χ1) is 8.99. The quantitative estimate of drug-likeness (QED) is 0.833. The van der Waals surface area contributed by atoms with E-state index in [1.165, 1.54) is 24.5 Å². The Morgan fingerprint density at radius 2 is 2.26 bits per heavy atom. The molecule has 0 aliphatic carbocycles. The summed E-state index contributed by atoms with van der Waals surface area (Å²) < 4.78 is 15.3. The summed E-state index contributed by atoms with van der Waals surface area (Å²) in [6, 6.07) is 4.22. The number of rotatable bonds is 3. The van der Waals surface area contributed by atoms with Crippen LogP contribution >= 0.6 is 12.2 Å². The van der Waals surface area contributed by atoms with Gasteiger partial charge in [0.1, 0.15) is 16.5 Å². The maximum Gasteiger partial charge on any atom is 0.275 e. The summed E-state index contributed by atoms with van der Waals surface area (Å²) in [5.41, 5.74) is 5.92. The summed E-state index contributed by atoms with van der Waals surface area (Å²) in [4.78, 5) is 15.7. The van der Waals surface area contributed by atoms with Crippen molar-refractivity contribution in [2.75, 3.05) is 5.32 Å². The minimum atomic E-state index is -0.577. The molecule has 1 aromatic carbocycles. The molecule has 0 fully saturated rings. The van der Waals surface area contributed by atoms with Gasteiger partial charge in [-0.1, -0.05) is 18.3 Å². The molecule has 0 unspecified atom stereocenters. The van der Waals surface area contributed by atoms with Crippen molar-refractivity contribution >= 4 is 28.8 Å². The molecule has 7 heteroatoms. The van der Waals surface area contributed by atoms with Gasteiger partial charge in [0.15, 0.2) is 0 Å². The number of nitrogens with zero attached hydrogens (tertiary/aromatic N) is 2. The van der Waals surface area contributed by atoms with E-state index in [0.717, 1.165) is 0 Å². The molecular weight excluding hydrogens is 267 g/mol. The van der Waals surface area contributed by atoms with Crippen molar-refractivity contribution in [1.82, 2.24) is 9.55 Å². The topological polar surface area (TPSA) is 72.9 Å². The van der Waals surface area contributed by atoms with Crippen LogP contribution in [0.15, 0.2) is 30.7 Å². The van der Waals surface area contributed by atoms with E-state index < -0.39 is 11.7 Å². The molecule has 98 valence electrons. The van der Waals surface area contributed by atoms with Gasteiger partial charge in [0, 0.05) is 13.2 Å². The van der Waals surface area contributed by atoms with Gasteiger partial charge < -0.3 is 15.6 Å². The zero-order chi connectivity index (χ0) is 14.0. The fourth-order valence-electron chi connectivity index (χ4n) is 1.60. The molecule has 0 saturated carbocycles. The minimum Gasteiger partial charge on any atom is -0.389 e.